The van der Waals surface area contributed by atoms with Crippen molar-refractivity contribution in [3.8, 4) is 0 Å². The molecule has 0 saturated heterocycles. The zero-order valence-electron chi connectivity index (χ0n) is 11.5. The average Bonchev–Trinajstić information content (AvgIpc) is 2.83. The molecule has 3 rings (SSSR count). The van der Waals surface area contributed by atoms with Crippen molar-refractivity contribution in [1.82, 2.24) is 10.3 Å². The van der Waals surface area contributed by atoms with Gasteiger partial charge in [0.25, 0.3) is 0 Å². The average molecular weight is 326 g/mol. The molecular formula is C14H15FN2O2S2. The van der Waals surface area contributed by atoms with Gasteiger partial charge in [0, 0.05) is 18.0 Å². The number of halogens is 1. The molecule has 0 fully saturated rings. The lowest BCUT2D eigenvalue weighted by atomic mass is 10.0. The molecule has 1 unspecified atom stereocenters. The van der Waals surface area contributed by atoms with E-state index in [1.807, 2.05) is 12.3 Å². The summed E-state index contributed by atoms with van der Waals surface area (Å²) in [6, 6.07) is 3.71. The van der Waals surface area contributed by atoms with Gasteiger partial charge in [0.15, 0.2) is 9.84 Å². The number of nitrogens with one attached hydrogen (secondary N) is 1. The van der Waals surface area contributed by atoms with E-state index in [1.54, 1.807) is 11.3 Å². The number of nitrogens with zero attached hydrogens (tertiary/aromatic N) is 1. The Morgan fingerprint density at radius 2 is 2.29 bits per heavy atom. The molecule has 21 heavy (non-hydrogen) atoms. The maximum Gasteiger partial charge on any atom is 0.178 e. The minimum Gasteiger partial charge on any atom is -0.304 e. The number of benzene rings is 1. The normalized spacial score (nSPS) is 20.2. The van der Waals surface area contributed by atoms with E-state index in [4.69, 9.17) is 0 Å². The molecule has 2 aromatic rings. The molecular weight excluding hydrogens is 311 g/mol. The molecule has 0 radical (unpaired) electrons. The highest BCUT2D eigenvalue weighted by Crippen LogP contribution is 2.32. The zero-order valence-corrected chi connectivity index (χ0v) is 13.1. The zero-order chi connectivity index (χ0) is 15.0. The van der Waals surface area contributed by atoms with E-state index < -0.39 is 15.7 Å². The molecule has 0 spiro atoms. The molecule has 1 aliphatic rings. The summed E-state index contributed by atoms with van der Waals surface area (Å²) in [6.45, 7) is 2.48. The molecule has 4 nitrogen and oxygen atoms in total. The van der Waals surface area contributed by atoms with Crippen molar-refractivity contribution in [2.75, 3.05) is 5.75 Å². The largest absolute Gasteiger partial charge is 0.304 e. The van der Waals surface area contributed by atoms with E-state index in [9.17, 15) is 12.8 Å². The molecule has 112 valence electrons. The lowest BCUT2D eigenvalue weighted by Crippen LogP contribution is -2.29. The fourth-order valence-electron chi connectivity index (χ4n) is 2.54. The Morgan fingerprint density at radius 3 is 3.00 bits per heavy atom. The number of fused-ring (bicyclic) bond motifs is 1. The Bertz CT molecular complexity index is 771. The van der Waals surface area contributed by atoms with Gasteiger partial charge in [-0.05, 0) is 37.1 Å². The van der Waals surface area contributed by atoms with Crippen LogP contribution >= 0.6 is 11.3 Å². The van der Waals surface area contributed by atoms with Gasteiger partial charge in [-0.1, -0.05) is 0 Å². The number of rotatable bonds is 3. The van der Waals surface area contributed by atoms with Crippen molar-refractivity contribution in [3.05, 3.63) is 45.7 Å². The first-order valence-corrected chi connectivity index (χ1v) is 9.15. The summed E-state index contributed by atoms with van der Waals surface area (Å²) in [7, 11) is -3.29. The van der Waals surface area contributed by atoms with Crippen LogP contribution < -0.4 is 5.32 Å². The maximum atomic E-state index is 13.5. The highest BCUT2D eigenvalue weighted by Gasteiger charge is 2.30. The van der Waals surface area contributed by atoms with Gasteiger partial charge in [0.2, 0.25) is 0 Å². The van der Waals surface area contributed by atoms with E-state index in [2.05, 4.69) is 10.3 Å². The monoisotopic (exact) mass is 326 g/mol. The van der Waals surface area contributed by atoms with E-state index >= 15 is 0 Å². The third kappa shape index (κ3) is 3.00. The highest BCUT2D eigenvalue weighted by atomic mass is 32.2. The SMILES string of the molecule is Cc1nc(CNC2CCS(=O)(=O)c3ccc(F)cc32)cs1. The van der Waals surface area contributed by atoms with Crippen molar-refractivity contribution in [2.24, 2.45) is 0 Å². The summed E-state index contributed by atoms with van der Waals surface area (Å²) in [5.74, 6) is -0.332. The first-order chi connectivity index (χ1) is 9.95. The molecule has 1 aromatic heterocycles. The van der Waals surface area contributed by atoms with Crippen LogP contribution in [-0.2, 0) is 16.4 Å². The molecule has 0 aliphatic carbocycles. The highest BCUT2D eigenvalue weighted by molar-refractivity contribution is 7.91. The van der Waals surface area contributed by atoms with Crippen molar-refractivity contribution >= 4 is 21.2 Å². The topological polar surface area (TPSA) is 59.1 Å². The van der Waals surface area contributed by atoms with E-state index in [0.29, 0.717) is 18.5 Å². The predicted octanol–water partition coefficient (Wildman–Crippen LogP) is 2.60. The van der Waals surface area contributed by atoms with Crippen LogP contribution in [0.4, 0.5) is 4.39 Å². The van der Waals surface area contributed by atoms with Crippen LogP contribution in [0.15, 0.2) is 28.5 Å². The van der Waals surface area contributed by atoms with Crippen molar-refractivity contribution in [1.29, 1.82) is 0 Å². The molecule has 1 N–H and O–H groups in total. The van der Waals surface area contributed by atoms with Gasteiger partial charge in [0.1, 0.15) is 5.82 Å². The quantitative estimate of drug-likeness (QED) is 0.881. The van der Waals surface area contributed by atoms with Gasteiger partial charge in [-0.25, -0.2) is 17.8 Å². The Hall–Kier alpha value is -1.31. The van der Waals surface area contributed by atoms with Crippen molar-refractivity contribution in [2.45, 2.75) is 30.8 Å². The Labute approximate surface area is 127 Å². The second-order valence-electron chi connectivity index (χ2n) is 5.08. The first-order valence-electron chi connectivity index (χ1n) is 6.62. The Kier molecular flexibility index (Phi) is 3.81. The summed E-state index contributed by atoms with van der Waals surface area (Å²) in [4.78, 5) is 4.60. The second kappa shape index (κ2) is 5.47. The number of hydrogen-bond acceptors (Lipinski definition) is 5. The third-order valence-electron chi connectivity index (χ3n) is 3.55. The minimum absolute atomic E-state index is 0.0827. The van der Waals surface area contributed by atoms with Crippen LogP contribution in [0.1, 0.15) is 28.7 Å². The maximum absolute atomic E-state index is 13.5. The standard InChI is InChI=1S/C14H15FN2O2S2/c1-9-17-11(8-20-9)7-16-13-4-5-21(18,19)14-3-2-10(15)6-12(13)14/h2-3,6,8,13,16H,4-5,7H2,1H3. The molecule has 1 aliphatic heterocycles. The Morgan fingerprint density at radius 1 is 1.48 bits per heavy atom. The lowest BCUT2D eigenvalue weighted by Gasteiger charge is -2.26. The molecule has 2 heterocycles. The number of thiazole rings is 1. The first kappa shape index (κ1) is 14.6. The van der Waals surface area contributed by atoms with Gasteiger partial charge in [-0.2, -0.15) is 0 Å². The number of hydrogen-bond donors (Lipinski definition) is 1. The third-order valence-corrected chi connectivity index (χ3v) is 6.19. The van der Waals surface area contributed by atoms with Crippen LogP contribution in [0.2, 0.25) is 0 Å². The lowest BCUT2D eigenvalue weighted by molar-refractivity contribution is 0.484. The van der Waals surface area contributed by atoms with Crippen LogP contribution in [0.3, 0.4) is 0 Å². The van der Waals surface area contributed by atoms with Crippen LogP contribution in [-0.4, -0.2) is 19.2 Å². The van der Waals surface area contributed by atoms with Crippen LogP contribution in [0, 0.1) is 12.7 Å². The van der Waals surface area contributed by atoms with Gasteiger partial charge in [-0.15, -0.1) is 11.3 Å². The van der Waals surface area contributed by atoms with Gasteiger partial charge < -0.3 is 5.32 Å². The molecule has 0 amide bonds. The summed E-state index contributed by atoms with van der Waals surface area (Å²) in [6.07, 6.45) is 0.446. The van der Waals surface area contributed by atoms with Crippen molar-refractivity contribution < 1.29 is 12.8 Å². The van der Waals surface area contributed by atoms with Crippen molar-refractivity contribution in [3.63, 3.8) is 0 Å². The molecule has 0 saturated carbocycles. The summed E-state index contributed by atoms with van der Waals surface area (Å²) < 4.78 is 37.5. The summed E-state index contributed by atoms with van der Waals surface area (Å²) >= 11 is 1.57. The van der Waals surface area contributed by atoms with Gasteiger partial charge >= 0.3 is 0 Å². The molecule has 1 atom stereocenters. The van der Waals surface area contributed by atoms with E-state index in [1.165, 1.54) is 18.2 Å². The van der Waals surface area contributed by atoms with Crippen LogP contribution in [0.5, 0.6) is 0 Å². The minimum atomic E-state index is -3.29. The number of aryl methyl sites for hydroxylation is 1. The fraction of sp³-hybridized carbons (Fsp3) is 0.357. The molecule has 7 heteroatoms. The van der Waals surface area contributed by atoms with Crippen LogP contribution in [0.25, 0.3) is 0 Å². The molecule has 0 bridgehead atoms. The smallest absolute Gasteiger partial charge is 0.178 e. The number of aromatic nitrogens is 1. The second-order valence-corrected chi connectivity index (χ2v) is 8.22. The van der Waals surface area contributed by atoms with E-state index in [-0.39, 0.29) is 16.7 Å². The summed E-state index contributed by atoms with van der Waals surface area (Å²) in [5, 5.41) is 6.24. The predicted molar refractivity (Wildman–Crippen MR) is 79.5 cm³/mol. The number of sulfone groups is 1. The Balaban J connectivity index is 1.86. The summed E-state index contributed by atoms with van der Waals surface area (Å²) in [5.41, 5.74) is 1.44. The molecule has 1 aromatic carbocycles. The van der Waals surface area contributed by atoms with E-state index in [0.717, 1.165) is 10.7 Å². The van der Waals surface area contributed by atoms with Gasteiger partial charge in [-0.3, -0.25) is 0 Å². The van der Waals surface area contributed by atoms with Gasteiger partial charge in [0.05, 0.1) is 21.3 Å². The fourth-order valence-corrected chi connectivity index (χ4v) is 4.76.